The van der Waals surface area contributed by atoms with Crippen LogP contribution in [-0.2, 0) is 4.74 Å². The van der Waals surface area contributed by atoms with Crippen molar-refractivity contribution in [2.75, 3.05) is 13.2 Å². The molecule has 0 aromatic carbocycles. The van der Waals surface area contributed by atoms with Crippen molar-refractivity contribution < 1.29 is 4.74 Å². The molecule has 2 heterocycles. The third kappa shape index (κ3) is 2.29. The van der Waals surface area contributed by atoms with E-state index in [1.54, 1.807) is 0 Å². The second-order valence-corrected chi connectivity index (χ2v) is 4.27. The Morgan fingerprint density at radius 3 is 3.08 bits per heavy atom. The third-order valence-corrected chi connectivity index (χ3v) is 2.79. The molecule has 13 heavy (non-hydrogen) atoms. The molecule has 1 aromatic rings. The van der Waals surface area contributed by atoms with Gasteiger partial charge in [0.15, 0.2) is 0 Å². The van der Waals surface area contributed by atoms with Gasteiger partial charge in [0.25, 0.3) is 0 Å². The highest BCUT2D eigenvalue weighted by molar-refractivity contribution is 9.10. The first kappa shape index (κ1) is 9.16. The first-order valence-electron chi connectivity index (χ1n) is 4.54. The van der Waals surface area contributed by atoms with E-state index in [0.29, 0.717) is 5.92 Å². The molecule has 2 nitrogen and oxygen atoms in total. The fourth-order valence-electron chi connectivity index (χ4n) is 1.66. The Morgan fingerprint density at radius 1 is 1.46 bits per heavy atom. The number of hydrogen-bond donors (Lipinski definition) is 0. The maximum atomic E-state index is 5.43. The van der Waals surface area contributed by atoms with Crippen molar-refractivity contribution in [3.8, 4) is 0 Å². The number of nitrogens with zero attached hydrogens (tertiary/aromatic N) is 1. The van der Waals surface area contributed by atoms with Crippen LogP contribution in [-0.4, -0.2) is 18.2 Å². The predicted molar refractivity (Wildman–Crippen MR) is 54.7 cm³/mol. The number of ether oxygens (including phenoxy) is 1. The minimum Gasteiger partial charge on any atom is -0.381 e. The van der Waals surface area contributed by atoms with Gasteiger partial charge in [-0.3, -0.25) is 4.98 Å². The van der Waals surface area contributed by atoms with Gasteiger partial charge in [-0.1, -0.05) is 0 Å². The molecule has 0 aliphatic carbocycles. The summed E-state index contributed by atoms with van der Waals surface area (Å²) in [6.45, 7) is 1.76. The molecule has 1 aliphatic heterocycles. The van der Waals surface area contributed by atoms with Crippen LogP contribution >= 0.6 is 15.9 Å². The van der Waals surface area contributed by atoms with E-state index in [-0.39, 0.29) is 0 Å². The number of rotatable bonds is 1. The molecule has 1 atom stereocenters. The van der Waals surface area contributed by atoms with E-state index in [4.69, 9.17) is 4.74 Å². The number of halogens is 1. The normalized spacial score (nSPS) is 23.0. The molecular weight excluding hydrogens is 230 g/mol. The highest BCUT2D eigenvalue weighted by atomic mass is 79.9. The maximum Gasteiger partial charge on any atom is 0.0535 e. The Kier molecular flexibility index (Phi) is 2.96. The maximum absolute atomic E-state index is 5.43. The molecular formula is C10H12BrNO. The monoisotopic (exact) mass is 241 g/mol. The van der Waals surface area contributed by atoms with E-state index in [1.807, 2.05) is 12.4 Å². The summed E-state index contributed by atoms with van der Waals surface area (Å²) >= 11 is 3.43. The van der Waals surface area contributed by atoms with Crippen LogP contribution in [0.3, 0.4) is 0 Å². The fourth-order valence-corrected chi connectivity index (χ4v) is 2.04. The molecule has 0 bridgehead atoms. The van der Waals surface area contributed by atoms with E-state index in [0.717, 1.165) is 24.1 Å². The lowest BCUT2D eigenvalue weighted by Crippen LogP contribution is -2.15. The zero-order chi connectivity index (χ0) is 9.10. The van der Waals surface area contributed by atoms with Crippen LogP contribution in [0.1, 0.15) is 24.3 Å². The van der Waals surface area contributed by atoms with Crippen molar-refractivity contribution in [3.63, 3.8) is 0 Å². The van der Waals surface area contributed by atoms with Crippen molar-refractivity contribution in [2.45, 2.75) is 18.8 Å². The van der Waals surface area contributed by atoms with Gasteiger partial charge in [-0.15, -0.1) is 0 Å². The molecule has 1 aromatic heterocycles. The van der Waals surface area contributed by atoms with Gasteiger partial charge >= 0.3 is 0 Å². The number of aromatic nitrogens is 1. The van der Waals surface area contributed by atoms with Crippen molar-refractivity contribution in [1.82, 2.24) is 4.98 Å². The first-order valence-corrected chi connectivity index (χ1v) is 5.34. The van der Waals surface area contributed by atoms with E-state index < -0.39 is 0 Å². The van der Waals surface area contributed by atoms with Crippen molar-refractivity contribution >= 4 is 15.9 Å². The first-order chi connectivity index (χ1) is 6.36. The van der Waals surface area contributed by atoms with E-state index in [2.05, 4.69) is 27.0 Å². The molecule has 70 valence electrons. The standard InChI is InChI=1S/C10H12BrNO/c11-10-4-9(5-12-6-10)8-2-1-3-13-7-8/h4-6,8H,1-3,7H2. The minimum atomic E-state index is 0.541. The van der Waals surface area contributed by atoms with Gasteiger partial charge in [0, 0.05) is 29.4 Å². The molecule has 2 rings (SSSR count). The van der Waals surface area contributed by atoms with Gasteiger partial charge in [-0.25, -0.2) is 0 Å². The summed E-state index contributed by atoms with van der Waals surface area (Å²) < 4.78 is 6.48. The second-order valence-electron chi connectivity index (χ2n) is 3.35. The Bertz CT molecular complexity index is 284. The van der Waals surface area contributed by atoms with Gasteiger partial charge < -0.3 is 4.74 Å². The Hall–Kier alpha value is -0.410. The van der Waals surface area contributed by atoms with Crippen molar-refractivity contribution in [1.29, 1.82) is 0 Å². The van der Waals surface area contributed by atoms with Crippen LogP contribution in [0.15, 0.2) is 22.9 Å². The molecule has 0 N–H and O–H groups in total. The van der Waals surface area contributed by atoms with Gasteiger partial charge in [-0.2, -0.15) is 0 Å². The zero-order valence-electron chi connectivity index (χ0n) is 7.37. The SMILES string of the molecule is Brc1cncc(C2CCCOC2)c1. The lowest BCUT2D eigenvalue weighted by molar-refractivity contribution is 0.0803. The lowest BCUT2D eigenvalue weighted by atomic mass is 9.95. The fraction of sp³-hybridized carbons (Fsp3) is 0.500. The smallest absolute Gasteiger partial charge is 0.0535 e. The van der Waals surface area contributed by atoms with E-state index in [9.17, 15) is 0 Å². The lowest BCUT2D eigenvalue weighted by Gasteiger charge is -2.22. The van der Waals surface area contributed by atoms with Gasteiger partial charge in [0.05, 0.1) is 6.61 Å². The number of hydrogen-bond acceptors (Lipinski definition) is 2. The molecule has 1 unspecified atom stereocenters. The molecule has 1 aliphatic rings. The summed E-state index contributed by atoms with van der Waals surface area (Å²) in [5.74, 6) is 0.541. The zero-order valence-corrected chi connectivity index (χ0v) is 8.96. The van der Waals surface area contributed by atoms with Gasteiger partial charge in [0.1, 0.15) is 0 Å². The third-order valence-electron chi connectivity index (χ3n) is 2.36. The Labute approximate surface area is 86.5 Å². The van der Waals surface area contributed by atoms with Crippen LogP contribution in [0.25, 0.3) is 0 Å². The molecule has 0 saturated carbocycles. The number of pyridine rings is 1. The van der Waals surface area contributed by atoms with Crippen molar-refractivity contribution in [2.24, 2.45) is 0 Å². The minimum absolute atomic E-state index is 0.541. The molecule has 0 amide bonds. The highest BCUT2D eigenvalue weighted by Crippen LogP contribution is 2.26. The Balaban J connectivity index is 2.14. The van der Waals surface area contributed by atoms with Crippen LogP contribution in [0.4, 0.5) is 0 Å². The summed E-state index contributed by atoms with van der Waals surface area (Å²) in [6.07, 6.45) is 6.13. The molecule has 3 heteroatoms. The van der Waals surface area contributed by atoms with Gasteiger partial charge in [0.2, 0.25) is 0 Å². The van der Waals surface area contributed by atoms with Gasteiger partial charge in [-0.05, 0) is 40.4 Å². The molecule has 1 fully saturated rings. The van der Waals surface area contributed by atoms with Crippen LogP contribution in [0.5, 0.6) is 0 Å². The second kappa shape index (κ2) is 4.20. The topological polar surface area (TPSA) is 22.1 Å². The van der Waals surface area contributed by atoms with E-state index >= 15 is 0 Å². The summed E-state index contributed by atoms with van der Waals surface area (Å²) in [5, 5.41) is 0. The molecule has 0 spiro atoms. The van der Waals surface area contributed by atoms with Crippen molar-refractivity contribution in [3.05, 3.63) is 28.5 Å². The molecule has 0 radical (unpaired) electrons. The highest BCUT2D eigenvalue weighted by Gasteiger charge is 2.16. The average Bonchev–Trinajstić information content (AvgIpc) is 2.19. The summed E-state index contributed by atoms with van der Waals surface area (Å²) in [4.78, 5) is 4.16. The van der Waals surface area contributed by atoms with Crippen LogP contribution in [0.2, 0.25) is 0 Å². The summed E-state index contributed by atoms with van der Waals surface area (Å²) in [7, 11) is 0. The quantitative estimate of drug-likeness (QED) is 0.755. The summed E-state index contributed by atoms with van der Waals surface area (Å²) in [6, 6.07) is 2.13. The largest absolute Gasteiger partial charge is 0.381 e. The Morgan fingerprint density at radius 2 is 2.38 bits per heavy atom. The summed E-state index contributed by atoms with van der Waals surface area (Å²) in [5.41, 5.74) is 1.29. The average molecular weight is 242 g/mol. The predicted octanol–water partition coefficient (Wildman–Crippen LogP) is 2.74. The van der Waals surface area contributed by atoms with Crippen LogP contribution < -0.4 is 0 Å². The van der Waals surface area contributed by atoms with Crippen LogP contribution in [0, 0.1) is 0 Å². The van der Waals surface area contributed by atoms with E-state index in [1.165, 1.54) is 12.0 Å². The molecule has 1 saturated heterocycles.